The summed E-state index contributed by atoms with van der Waals surface area (Å²) in [5.74, 6) is 0. The van der Waals surface area contributed by atoms with Gasteiger partial charge in [-0.05, 0) is 48.7 Å². The molecule has 0 aliphatic carbocycles. The summed E-state index contributed by atoms with van der Waals surface area (Å²) >= 11 is 0. The van der Waals surface area contributed by atoms with Gasteiger partial charge < -0.3 is 0 Å². The van der Waals surface area contributed by atoms with Gasteiger partial charge in [0.05, 0.1) is 18.4 Å². The maximum Gasteiger partial charge on any atom is 0.264 e. The molecule has 6 nitrogen and oxygen atoms in total. The largest absolute Gasteiger partial charge is 0.294 e. The molecule has 0 spiro atoms. The average Bonchev–Trinajstić information content (AvgIpc) is 3.05. The molecule has 0 radical (unpaired) electrons. The van der Waals surface area contributed by atoms with Crippen LogP contribution in [0, 0.1) is 13.8 Å². The van der Waals surface area contributed by atoms with Crippen LogP contribution >= 0.6 is 0 Å². The number of fused-ring (bicyclic) bond motifs is 1. The van der Waals surface area contributed by atoms with Crippen molar-refractivity contribution in [1.82, 2.24) is 24.3 Å². The van der Waals surface area contributed by atoms with Gasteiger partial charge in [0, 0.05) is 12.4 Å². The Balaban J connectivity index is 1.79. The van der Waals surface area contributed by atoms with Crippen molar-refractivity contribution in [2.24, 2.45) is 0 Å². The highest BCUT2D eigenvalue weighted by molar-refractivity contribution is 5.75. The highest BCUT2D eigenvalue weighted by atomic mass is 16.1. The Bertz CT molecular complexity index is 1110. The third-order valence-electron chi connectivity index (χ3n) is 4.37. The first-order chi connectivity index (χ1) is 12.1. The highest BCUT2D eigenvalue weighted by Crippen LogP contribution is 2.17. The molecule has 0 N–H and O–H groups in total. The number of nitrogens with zero attached hydrogens (tertiary/aromatic N) is 5. The van der Waals surface area contributed by atoms with E-state index in [4.69, 9.17) is 0 Å². The van der Waals surface area contributed by atoms with Crippen LogP contribution in [0.1, 0.15) is 16.7 Å². The van der Waals surface area contributed by atoms with Gasteiger partial charge in [-0.2, -0.15) is 5.10 Å². The summed E-state index contributed by atoms with van der Waals surface area (Å²) in [6.07, 6.45) is 6.60. The third kappa shape index (κ3) is 2.71. The lowest BCUT2D eigenvalue weighted by atomic mass is 10.1. The summed E-state index contributed by atoms with van der Waals surface area (Å²) in [5.41, 5.74) is 4.69. The molecule has 4 aromatic rings. The van der Waals surface area contributed by atoms with Gasteiger partial charge in [-0.15, -0.1) is 0 Å². The number of pyridine rings is 1. The van der Waals surface area contributed by atoms with Gasteiger partial charge in [-0.1, -0.05) is 12.1 Å². The molecule has 0 amide bonds. The Morgan fingerprint density at radius 2 is 1.96 bits per heavy atom. The van der Waals surface area contributed by atoms with Gasteiger partial charge in [-0.3, -0.25) is 14.3 Å². The average molecular weight is 331 g/mol. The van der Waals surface area contributed by atoms with Crippen LogP contribution in [0.3, 0.4) is 0 Å². The van der Waals surface area contributed by atoms with Crippen LogP contribution in [-0.2, 0) is 6.54 Å². The Labute approximate surface area is 144 Å². The standard InChI is InChI=1S/C19H17N5O/c1-13-5-6-16(8-14(13)2)24-18-17(10-22-24)19(25)23(12-21-18)11-15-4-3-7-20-9-15/h3-10,12H,11H2,1-2H3. The van der Waals surface area contributed by atoms with Gasteiger partial charge >= 0.3 is 0 Å². The van der Waals surface area contributed by atoms with Crippen LogP contribution in [0.4, 0.5) is 0 Å². The van der Waals surface area contributed by atoms with Gasteiger partial charge in [0.25, 0.3) is 5.56 Å². The highest BCUT2D eigenvalue weighted by Gasteiger charge is 2.12. The lowest BCUT2D eigenvalue weighted by Crippen LogP contribution is -2.21. The van der Waals surface area contributed by atoms with Crippen LogP contribution in [0.25, 0.3) is 16.7 Å². The number of benzene rings is 1. The van der Waals surface area contributed by atoms with Gasteiger partial charge in [0.1, 0.15) is 11.7 Å². The molecule has 0 bridgehead atoms. The molecular formula is C19H17N5O. The molecule has 3 aromatic heterocycles. The van der Waals surface area contributed by atoms with Crippen LogP contribution in [0.5, 0.6) is 0 Å². The van der Waals surface area contributed by atoms with Crippen molar-refractivity contribution < 1.29 is 0 Å². The zero-order chi connectivity index (χ0) is 17.4. The number of hydrogen-bond acceptors (Lipinski definition) is 4. The van der Waals surface area contributed by atoms with E-state index in [-0.39, 0.29) is 5.56 Å². The van der Waals surface area contributed by atoms with E-state index >= 15 is 0 Å². The number of hydrogen-bond donors (Lipinski definition) is 0. The lowest BCUT2D eigenvalue weighted by molar-refractivity contribution is 0.742. The first-order valence-corrected chi connectivity index (χ1v) is 8.03. The summed E-state index contributed by atoms with van der Waals surface area (Å²) in [6, 6.07) is 9.86. The predicted molar refractivity (Wildman–Crippen MR) is 95.9 cm³/mol. The molecule has 4 rings (SSSR count). The normalized spacial score (nSPS) is 11.1. The molecule has 0 atom stereocenters. The minimum absolute atomic E-state index is 0.107. The molecule has 0 saturated heterocycles. The molecule has 25 heavy (non-hydrogen) atoms. The summed E-state index contributed by atoms with van der Waals surface area (Å²) < 4.78 is 3.28. The lowest BCUT2D eigenvalue weighted by Gasteiger charge is -2.07. The summed E-state index contributed by atoms with van der Waals surface area (Å²) in [6.45, 7) is 4.55. The second-order valence-electron chi connectivity index (χ2n) is 6.10. The number of rotatable bonds is 3. The molecule has 0 fully saturated rings. The Morgan fingerprint density at radius 3 is 2.72 bits per heavy atom. The van der Waals surface area contributed by atoms with E-state index in [1.54, 1.807) is 34.2 Å². The van der Waals surface area contributed by atoms with E-state index in [2.05, 4.69) is 28.9 Å². The number of aromatic nitrogens is 5. The molecule has 6 heteroatoms. The van der Waals surface area contributed by atoms with E-state index in [9.17, 15) is 4.79 Å². The monoisotopic (exact) mass is 331 g/mol. The SMILES string of the molecule is Cc1ccc(-n2ncc3c(=O)n(Cc4cccnc4)cnc32)cc1C. The second-order valence-corrected chi connectivity index (χ2v) is 6.10. The summed E-state index contributed by atoms with van der Waals surface area (Å²) in [7, 11) is 0. The van der Waals surface area contributed by atoms with Gasteiger partial charge in [0.2, 0.25) is 0 Å². The van der Waals surface area contributed by atoms with Crippen molar-refractivity contribution in [1.29, 1.82) is 0 Å². The van der Waals surface area contributed by atoms with Crippen molar-refractivity contribution in [3.8, 4) is 5.69 Å². The van der Waals surface area contributed by atoms with E-state index in [1.165, 1.54) is 11.1 Å². The number of aryl methyl sites for hydroxylation is 2. The van der Waals surface area contributed by atoms with E-state index in [0.29, 0.717) is 17.6 Å². The fourth-order valence-corrected chi connectivity index (χ4v) is 2.80. The quantitative estimate of drug-likeness (QED) is 0.579. The molecule has 1 aromatic carbocycles. The first kappa shape index (κ1) is 15.3. The molecular weight excluding hydrogens is 314 g/mol. The van der Waals surface area contributed by atoms with Crippen LogP contribution in [0.2, 0.25) is 0 Å². The van der Waals surface area contributed by atoms with E-state index in [1.807, 2.05) is 30.3 Å². The molecule has 0 unspecified atom stereocenters. The maximum absolute atomic E-state index is 12.7. The third-order valence-corrected chi connectivity index (χ3v) is 4.37. The van der Waals surface area contributed by atoms with Crippen LogP contribution in [-0.4, -0.2) is 24.3 Å². The van der Waals surface area contributed by atoms with Crippen LogP contribution in [0.15, 0.2) is 60.0 Å². The van der Waals surface area contributed by atoms with E-state index in [0.717, 1.165) is 11.3 Å². The van der Waals surface area contributed by atoms with Crippen LogP contribution < -0.4 is 5.56 Å². The summed E-state index contributed by atoms with van der Waals surface area (Å²) in [5, 5.41) is 4.88. The van der Waals surface area contributed by atoms with Crippen molar-refractivity contribution in [2.45, 2.75) is 20.4 Å². The Morgan fingerprint density at radius 1 is 1.08 bits per heavy atom. The van der Waals surface area contributed by atoms with E-state index < -0.39 is 0 Å². The smallest absolute Gasteiger partial charge is 0.264 e. The zero-order valence-corrected chi connectivity index (χ0v) is 14.0. The van der Waals surface area contributed by atoms with Crippen molar-refractivity contribution >= 4 is 11.0 Å². The summed E-state index contributed by atoms with van der Waals surface area (Å²) in [4.78, 5) is 21.3. The molecule has 0 aliphatic heterocycles. The molecule has 124 valence electrons. The minimum Gasteiger partial charge on any atom is -0.294 e. The second kappa shape index (κ2) is 5.98. The maximum atomic E-state index is 12.7. The fraction of sp³-hybridized carbons (Fsp3) is 0.158. The predicted octanol–water partition coefficient (Wildman–Crippen LogP) is 2.64. The molecule has 0 saturated carbocycles. The van der Waals surface area contributed by atoms with Crippen molar-refractivity contribution in [3.05, 3.63) is 82.3 Å². The molecule has 3 heterocycles. The van der Waals surface area contributed by atoms with Gasteiger partial charge in [0.15, 0.2) is 5.65 Å². The Hall–Kier alpha value is -3.28. The Kier molecular flexibility index (Phi) is 3.65. The topological polar surface area (TPSA) is 65.6 Å². The van der Waals surface area contributed by atoms with Crippen molar-refractivity contribution in [3.63, 3.8) is 0 Å². The zero-order valence-electron chi connectivity index (χ0n) is 14.0. The minimum atomic E-state index is -0.107. The molecule has 0 aliphatic rings. The van der Waals surface area contributed by atoms with Gasteiger partial charge in [-0.25, -0.2) is 9.67 Å². The van der Waals surface area contributed by atoms with Crippen molar-refractivity contribution in [2.75, 3.05) is 0 Å². The first-order valence-electron chi connectivity index (χ1n) is 8.03. The fourth-order valence-electron chi connectivity index (χ4n) is 2.80.